The quantitative estimate of drug-likeness (QED) is 0.895. The Morgan fingerprint density at radius 1 is 1.24 bits per heavy atom. The van der Waals surface area contributed by atoms with Crippen LogP contribution in [0.5, 0.6) is 5.75 Å². The number of hydrogen-bond donors (Lipinski definition) is 1. The average molecular weight is 341 g/mol. The van der Waals surface area contributed by atoms with Gasteiger partial charge in [-0.2, -0.15) is 0 Å². The molecule has 1 saturated heterocycles. The standard InChI is InChI=1S/C18H23N5O2/c1-12(2)18-21-8-4-16(22-18)23-9-5-13(6-10-23)25-14-3-7-20-15(11-14)17(19)24/h3-4,7-8,11-13H,5-6,9-10H2,1-2H3,(H2,19,24). The van der Waals surface area contributed by atoms with Crippen molar-refractivity contribution >= 4 is 11.7 Å². The number of primary amides is 1. The maximum Gasteiger partial charge on any atom is 0.267 e. The summed E-state index contributed by atoms with van der Waals surface area (Å²) in [6, 6.07) is 5.29. The van der Waals surface area contributed by atoms with Gasteiger partial charge < -0.3 is 15.4 Å². The molecule has 1 aliphatic heterocycles. The van der Waals surface area contributed by atoms with Crippen LogP contribution in [0.25, 0.3) is 0 Å². The minimum atomic E-state index is -0.551. The highest BCUT2D eigenvalue weighted by atomic mass is 16.5. The molecular formula is C18H23N5O2. The van der Waals surface area contributed by atoms with Gasteiger partial charge >= 0.3 is 0 Å². The third-order valence-corrected chi connectivity index (χ3v) is 4.23. The third-order valence-electron chi connectivity index (χ3n) is 4.23. The number of aromatic nitrogens is 3. The normalized spacial score (nSPS) is 15.4. The van der Waals surface area contributed by atoms with Gasteiger partial charge in [-0.05, 0) is 12.1 Å². The van der Waals surface area contributed by atoms with Crippen LogP contribution in [0.2, 0.25) is 0 Å². The van der Waals surface area contributed by atoms with Crippen LogP contribution in [0.15, 0.2) is 30.6 Å². The molecule has 2 N–H and O–H groups in total. The first-order valence-corrected chi connectivity index (χ1v) is 8.53. The summed E-state index contributed by atoms with van der Waals surface area (Å²) in [5.41, 5.74) is 5.48. The van der Waals surface area contributed by atoms with Crippen LogP contribution in [0.3, 0.4) is 0 Å². The van der Waals surface area contributed by atoms with E-state index in [2.05, 4.69) is 33.7 Å². The van der Waals surface area contributed by atoms with Crippen LogP contribution in [0, 0.1) is 0 Å². The Morgan fingerprint density at radius 3 is 2.64 bits per heavy atom. The van der Waals surface area contributed by atoms with E-state index in [9.17, 15) is 4.79 Å². The second-order valence-corrected chi connectivity index (χ2v) is 6.47. The first kappa shape index (κ1) is 17.1. The zero-order valence-corrected chi connectivity index (χ0v) is 14.6. The topological polar surface area (TPSA) is 94.2 Å². The summed E-state index contributed by atoms with van der Waals surface area (Å²) >= 11 is 0. The summed E-state index contributed by atoms with van der Waals surface area (Å²) in [5, 5.41) is 0. The van der Waals surface area contributed by atoms with Crippen molar-refractivity contribution in [2.24, 2.45) is 5.73 Å². The predicted molar refractivity (Wildman–Crippen MR) is 94.7 cm³/mol. The number of rotatable bonds is 5. The van der Waals surface area contributed by atoms with E-state index < -0.39 is 5.91 Å². The molecule has 0 radical (unpaired) electrons. The number of piperidine rings is 1. The Labute approximate surface area is 147 Å². The number of nitrogens with zero attached hydrogens (tertiary/aromatic N) is 4. The summed E-state index contributed by atoms with van der Waals surface area (Å²) in [5.74, 6) is 2.23. The SMILES string of the molecule is CC(C)c1nccc(N2CCC(Oc3ccnc(C(N)=O)c3)CC2)n1. The Balaban J connectivity index is 1.59. The number of nitrogens with two attached hydrogens (primary N) is 1. The molecular weight excluding hydrogens is 318 g/mol. The lowest BCUT2D eigenvalue weighted by Gasteiger charge is -2.33. The molecule has 3 rings (SSSR count). The Kier molecular flexibility index (Phi) is 5.11. The number of anilines is 1. The van der Waals surface area contributed by atoms with Crippen LogP contribution >= 0.6 is 0 Å². The van der Waals surface area contributed by atoms with Crippen molar-refractivity contribution in [3.05, 3.63) is 42.1 Å². The Morgan fingerprint density at radius 2 is 1.96 bits per heavy atom. The van der Waals surface area contributed by atoms with E-state index in [-0.39, 0.29) is 11.8 Å². The lowest BCUT2D eigenvalue weighted by Crippen LogP contribution is -2.38. The minimum absolute atomic E-state index is 0.103. The summed E-state index contributed by atoms with van der Waals surface area (Å²) in [6.45, 7) is 5.92. The van der Waals surface area contributed by atoms with E-state index in [1.54, 1.807) is 18.3 Å². The van der Waals surface area contributed by atoms with Crippen LogP contribution < -0.4 is 15.4 Å². The van der Waals surface area contributed by atoms with Crippen molar-refractivity contribution in [3.8, 4) is 5.75 Å². The molecule has 7 nitrogen and oxygen atoms in total. The zero-order valence-electron chi connectivity index (χ0n) is 14.6. The molecule has 1 fully saturated rings. The fourth-order valence-corrected chi connectivity index (χ4v) is 2.83. The van der Waals surface area contributed by atoms with Crippen molar-refractivity contribution in [1.29, 1.82) is 0 Å². The molecule has 2 aromatic heterocycles. The lowest BCUT2D eigenvalue weighted by atomic mass is 10.1. The smallest absolute Gasteiger partial charge is 0.267 e. The monoisotopic (exact) mass is 341 g/mol. The second-order valence-electron chi connectivity index (χ2n) is 6.47. The van der Waals surface area contributed by atoms with Gasteiger partial charge in [0.1, 0.15) is 29.2 Å². The number of pyridine rings is 1. The van der Waals surface area contributed by atoms with Gasteiger partial charge in [0.2, 0.25) is 0 Å². The molecule has 2 aromatic rings. The maximum atomic E-state index is 11.2. The van der Waals surface area contributed by atoms with Gasteiger partial charge in [-0.15, -0.1) is 0 Å². The number of carbonyl (C=O) groups is 1. The molecule has 3 heterocycles. The van der Waals surface area contributed by atoms with E-state index in [1.807, 2.05) is 12.3 Å². The first-order chi connectivity index (χ1) is 12.0. The summed E-state index contributed by atoms with van der Waals surface area (Å²) < 4.78 is 5.99. The van der Waals surface area contributed by atoms with Gasteiger partial charge in [-0.25, -0.2) is 9.97 Å². The van der Waals surface area contributed by atoms with Gasteiger partial charge in [0, 0.05) is 50.3 Å². The molecule has 0 bridgehead atoms. The Bertz CT molecular complexity index is 742. The highest BCUT2D eigenvalue weighted by Crippen LogP contribution is 2.23. The fraction of sp³-hybridized carbons (Fsp3) is 0.444. The highest BCUT2D eigenvalue weighted by molar-refractivity contribution is 5.91. The summed E-state index contributed by atoms with van der Waals surface area (Å²) in [7, 11) is 0. The second kappa shape index (κ2) is 7.46. The Hall–Kier alpha value is -2.70. The van der Waals surface area contributed by atoms with E-state index in [0.29, 0.717) is 11.7 Å². The van der Waals surface area contributed by atoms with E-state index >= 15 is 0 Å². The summed E-state index contributed by atoms with van der Waals surface area (Å²) in [6.07, 6.45) is 5.23. The van der Waals surface area contributed by atoms with Gasteiger partial charge in [0.15, 0.2) is 0 Å². The third kappa shape index (κ3) is 4.23. The molecule has 0 atom stereocenters. The molecule has 1 amide bonds. The molecule has 0 unspecified atom stereocenters. The zero-order chi connectivity index (χ0) is 17.8. The highest BCUT2D eigenvalue weighted by Gasteiger charge is 2.22. The minimum Gasteiger partial charge on any atom is -0.490 e. The van der Waals surface area contributed by atoms with Crippen LogP contribution in [0.4, 0.5) is 5.82 Å². The van der Waals surface area contributed by atoms with Crippen molar-refractivity contribution in [2.75, 3.05) is 18.0 Å². The van der Waals surface area contributed by atoms with Gasteiger partial charge in [0.05, 0.1) is 0 Å². The van der Waals surface area contributed by atoms with Crippen LogP contribution in [-0.2, 0) is 0 Å². The molecule has 0 aliphatic carbocycles. The molecule has 0 spiro atoms. The number of amides is 1. The van der Waals surface area contributed by atoms with Gasteiger partial charge in [-0.1, -0.05) is 13.8 Å². The van der Waals surface area contributed by atoms with Crippen LogP contribution in [-0.4, -0.2) is 40.1 Å². The molecule has 25 heavy (non-hydrogen) atoms. The summed E-state index contributed by atoms with van der Waals surface area (Å²) in [4.78, 5) is 26.4. The van der Waals surface area contributed by atoms with Gasteiger partial charge in [-0.3, -0.25) is 9.78 Å². The lowest BCUT2D eigenvalue weighted by molar-refractivity contribution is 0.0994. The van der Waals surface area contributed by atoms with Crippen LogP contribution in [0.1, 0.15) is 48.9 Å². The predicted octanol–water partition coefficient (Wildman–Crippen LogP) is 2.14. The maximum absolute atomic E-state index is 11.2. The molecule has 0 aromatic carbocycles. The molecule has 1 aliphatic rings. The average Bonchev–Trinajstić information content (AvgIpc) is 2.62. The van der Waals surface area contributed by atoms with Crippen molar-refractivity contribution in [2.45, 2.75) is 38.7 Å². The fourth-order valence-electron chi connectivity index (χ4n) is 2.83. The van der Waals surface area contributed by atoms with E-state index in [1.165, 1.54) is 0 Å². The molecule has 132 valence electrons. The van der Waals surface area contributed by atoms with Gasteiger partial charge in [0.25, 0.3) is 5.91 Å². The van der Waals surface area contributed by atoms with Crippen molar-refractivity contribution < 1.29 is 9.53 Å². The van der Waals surface area contributed by atoms with Crippen molar-refractivity contribution in [1.82, 2.24) is 15.0 Å². The van der Waals surface area contributed by atoms with E-state index in [4.69, 9.17) is 10.5 Å². The first-order valence-electron chi connectivity index (χ1n) is 8.53. The van der Waals surface area contributed by atoms with Crippen molar-refractivity contribution in [3.63, 3.8) is 0 Å². The number of ether oxygens (including phenoxy) is 1. The number of carbonyl (C=O) groups excluding carboxylic acids is 1. The number of hydrogen-bond acceptors (Lipinski definition) is 6. The molecule has 0 saturated carbocycles. The molecule has 7 heteroatoms. The largest absolute Gasteiger partial charge is 0.490 e. The van der Waals surface area contributed by atoms with E-state index in [0.717, 1.165) is 37.6 Å².